The van der Waals surface area contributed by atoms with E-state index in [0.29, 0.717) is 44.1 Å². The van der Waals surface area contributed by atoms with Gasteiger partial charge in [-0.3, -0.25) is 4.79 Å². The van der Waals surface area contributed by atoms with Gasteiger partial charge >= 0.3 is 0 Å². The Morgan fingerprint density at radius 3 is 2.67 bits per heavy atom. The standard InChI is InChI=1S/C24H27N3O4S2/c1-2-27-22-9-8-20(33(29,30)26-10-12-31-13-11-26)15-21(22)25-24(27)32-16-23(28)19-7-6-17-4-3-5-18(17)14-19/h6-9,14-15H,2-5,10-13,16H2,1H3. The first-order valence-corrected chi connectivity index (χ1v) is 13.8. The lowest BCUT2D eigenvalue weighted by Crippen LogP contribution is -2.40. The molecule has 1 aromatic heterocycles. The minimum Gasteiger partial charge on any atom is -0.379 e. The number of fused-ring (bicyclic) bond motifs is 2. The molecule has 9 heteroatoms. The maximum atomic E-state index is 13.0. The van der Waals surface area contributed by atoms with Crippen molar-refractivity contribution in [1.29, 1.82) is 0 Å². The van der Waals surface area contributed by atoms with E-state index in [1.54, 1.807) is 12.1 Å². The summed E-state index contributed by atoms with van der Waals surface area (Å²) in [6.45, 7) is 4.23. The molecule has 2 aromatic carbocycles. The van der Waals surface area contributed by atoms with Crippen molar-refractivity contribution in [2.24, 2.45) is 0 Å². The number of carbonyl (C=O) groups excluding carboxylic acids is 1. The summed E-state index contributed by atoms with van der Waals surface area (Å²) in [4.78, 5) is 17.8. The Bertz CT molecular complexity index is 1310. The average molecular weight is 486 g/mol. The minimum atomic E-state index is -3.59. The van der Waals surface area contributed by atoms with E-state index >= 15 is 0 Å². The smallest absolute Gasteiger partial charge is 0.243 e. The second-order valence-electron chi connectivity index (χ2n) is 8.35. The molecule has 174 valence electrons. The third-order valence-corrected chi connectivity index (χ3v) is 9.23. The van der Waals surface area contributed by atoms with Gasteiger partial charge in [-0.05, 0) is 61.6 Å². The van der Waals surface area contributed by atoms with Gasteiger partial charge in [0.2, 0.25) is 10.0 Å². The van der Waals surface area contributed by atoms with Crippen LogP contribution in [-0.4, -0.2) is 60.1 Å². The molecule has 0 N–H and O–H groups in total. The molecule has 0 bridgehead atoms. The molecule has 0 unspecified atom stereocenters. The SMILES string of the molecule is CCn1c(SCC(=O)c2ccc3c(c2)CCC3)nc2cc(S(=O)(=O)N3CCOCC3)ccc21. The molecule has 0 spiro atoms. The molecule has 0 radical (unpaired) electrons. The highest BCUT2D eigenvalue weighted by Crippen LogP contribution is 2.29. The highest BCUT2D eigenvalue weighted by molar-refractivity contribution is 7.99. The van der Waals surface area contributed by atoms with Gasteiger partial charge in [0.15, 0.2) is 10.9 Å². The van der Waals surface area contributed by atoms with Crippen LogP contribution in [0.25, 0.3) is 11.0 Å². The Labute approximate surface area is 198 Å². The predicted octanol–water partition coefficient (Wildman–Crippen LogP) is 3.54. The molecule has 0 amide bonds. The van der Waals surface area contributed by atoms with Crippen molar-refractivity contribution in [2.45, 2.75) is 42.8 Å². The summed E-state index contributed by atoms with van der Waals surface area (Å²) < 4.78 is 34.8. The number of ether oxygens (including phenoxy) is 1. The Morgan fingerprint density at radius 2 is 1.88 bits per heavy atom. The molecule has 7 nitrogen and oxygen atoms in total. The van der Waals surface area contributed by atoms with Crippen molar-refractivity contribution in [1.82, 2.24) is 13.9 Å². The van der Waals surface area contributed by atoms with Gasteiger partial charge in [0.05, 0.1) is 34.9 Å². The Balaban J connectivity index is 1.37. The van der Waals surface area contributed by atoms with Gasteiger partial charge in [0.25, 0.3) is 0 Å². The van der Waals surface area contributed by atoms with Gasteiger partial charge in [-0.1, -0.05) is 23.9 Å². The van der Waals surface area contributed by atoms with E-state index in [9.17, 15) is 13.2 Å². The van der Waals surface area contributed by atoms with E-state index in [1.807, 2.05) is 29.7 Å². The summed E-state index contributed by atoms with van der Waals surface area (Å²) >= 11 is 1.40. The van der Waals surface area contributed by atoms with Crippen molar-refractivity contribution >= 4 is 38.6 Å². The molecule has 0 atom stereocenters. The first-order chi connectivity index (χ1) is 16.0. The Kier molecular flexibility index (Phi) is 6.30. The van der Waals surface area contributed by atoms with Crippen molar-refractivity contribution in [3.8, 4) is 0 Å². The van der Waals surface area contributed by atoms with Gasteiger partial charge in [-0.2, -0.15) is 4.31 Å². The number of carbonyl (C=O) groups is 1. The number of benzene rings is 2. The summed E-state index contributed by atoms with van der Waals surface area (Å²) in [5.41, 5.74) is 4.89. The molecule has 1 aliphatic carbocycles. The van der Waals surface area contributed by atoms with Crippen LogP contribution < -0.4 is 0 Å². The fourth-order valence-electron chi connectivity index (χ4n) is 4.56. The number of imidazole rings is 1. The van der Waals surface area contributed by atoms with Crippen LogP contribution in [0.1, 0.15) is 34.8 Å². The molecule has 33 heavy (non-hydrogen) atoms. The number of nitrogens with zero attached hydrogens (tertiary/aromatic N) is 3. The monoisotopic (exact) mass is 485 g/mol. The van der Waals surface area contributed by atoms with Crippen molar-refractivity contribution < 1.29 is 17.9 Å². The molecule has 2 heterocycles. The van der Waals surface area contributed by atoms with Gasteiger partial charge in [-0.15, -0.1) is 0 Å². The molecule has 2 aliphatic rings. The van der Waals surface area contributed by atoms with Crippen LogP contribution in [0.15, 0.2) is 46.5 Å². The Hall–Kier alpha value is -2.20. The van der Waals surface area contributed by atoms with Gasteiger partial charge < -0.3 is 9.30 Å². The Morgan fingerprint density at radius 1 is 1.09 bits per heavy atom. The molecular weight excluding hydrogens is 458 g/mol. The minimum absolute atomic E-state index is 0.0833. The van der Waals surface area contributed by atoms with Gasteiger partial charge in [0.1, 0.15) is 0 Å². The van der Waals surface area contributed by atoms with E-state index in [1.165, 1.54) is 27.2 Å². The summed E-state index contributed by atoms with van der Waals surface area (Å²) in [6, 6.07) is 11.1. The highest BCUT2D eigenvalue weighted by atomic mass is 32.2. The molecule has 3 aromatic rings. The van der Waals surface area contributed by atoms with Crippen LogP contribution in [0, 0.1) is 0 Å². The lowest BCUT2D eigenvalue weighted by atomic mass is 10.0. The van der Waals surface area contributed by atoms with Crippen LogP contribution in [-0.2, 0) is 34.1 Å². The first-order valence-electron chi connectivity index (χ1n) is 11.3. The second-order valence-corrected chi connectivity index (χ2v) is 11.2. The van der Waals surface area contributed by atoms with Crippen LogP contribution in [0.3, 0.4) is 0 Å². The number of thioether (sulfide) groups is 1. The molecule has 0 saturated carbocycles. The topological polar surface area (TPSA) is 81.5 Å². The van der Waals surface area contributed by atoms with E-state index in [0.717, 1.165) is 35.5 Å². The van der Waals surface area contributed by atoms with E-state index in [4.69, 9.17) is 9.72 Å². The van der Waals surface area contributed by atoms with E-state index < -0.39 is 10.0 Å². The van der Waals surface area contributed by atoms with Gasteiger partial charge in [0, 0.05) is 25.2 Å². The van der Waals surface area contributed by atoms with Crippen LogP contribution in [0.5, 0.6) is 0 Å². The molecule has 5 rings (SSSR count). The number of aryl methyl sites for hydroxylation is 3. The van der Waals surface area contributed by atoms with E-state index in [-0.39, 0.29) is 10.7 Å². The number of morpholine rings is 1. The van der Waals surface area contributed by atoms with Gasteiger partial charge in [-0.25, -0.2) is 13.4 Å². The number of Topliss-reactive ketones (excluding diaryl/α,β-unsaturated/α-hetero) is 1. The van der Waals surface area contributed by atoms with Crippen molar-refractivity contribution in [3.63, 3.8) is 0 Å². The third kappa shape index (κ3) is 4.35. The first kappa shape index (κ1) is 22.6. The zero-order valence-electron chi connectivity index (χ0n) is 18.6. The van der Waals surface area contributed by atoms with Crippen LogP contribution >= 0.6 is 11.8 Å². The zero-order chi connectivity index (χ0) is 23.0. The van der Waals surface area contributed by atoms with Crippen molar-refractivity contribution in [2.75, 3.05) is 32.1 Å². The predicted molar refractivity (Wildman–Crippen MR) is 129 cm³/mol. The molecule has 1 aliphatic heterocycles. The molecule has 1 saturated heterocycles. The number of ketones is 1. The maximum absolute atomic E-state index is 13.0. The number of hydrogen-bond acceptors (Lipinski definition) is 6. The second kappa shape index (κ2) is 9.21. The number of aromatic nitrogens is 2. The summed E-state index contributed by atoms with van der Waals surface area (Å²) in [6.07, 6.45) is 3.30. The summed E-state index contributed by atoms with van der Waals surface area (Å²) in [5.74, 6) is 0.376. The van der Waals surface area contributed by atoms with Crippen LogP contribution in [0.2, 0.25) is 0 Å². The highest BCUT2D eigenvalue weighted by Gasteiger charge is 2.27. The van der Waals surface area contributed by atoms with Crippen LogP contribution in [0.4, 0.5) is 0 Å². The number of hydrogen-bond donors (Lipinski definition) is 0. The average Bonchev–Trinajstić information content (AvgIpc) is 3.45. The lowest BCUT2D eigenvalue weighted by Gasteiger charge is -2.26. The molecular formula is C24H27N3O4S2. The zero-order valence-corrected chi connectivity index (χ0v) is 20.3. The largest absolute Gasteiger partial charge is 0.379 e. The summed E-state index contributed by atoms with van der Waals surface area (Å²) in [5, 5.41) is 0.725. The fourth-order valence-corrected chi connectivity index (χ4v) is 6.96. The quantitative estimate of drug-likeness (QED) is 0.376. The number of rotatable bonds is 7. The normalized spacial score (nSPS) is 16.9. The third-order valence-electron chi connectivity index (χ3n) is 6.36. The molecule has 1 fully saturated rings. The lowest BCUT2D eigenvalue weighted by molar-refractivity contribution is 0.0730. The van der Waals surface area contributed by atoms with E-state index in [2.05, 4.69) is 6.07 Å². The summed E-state index contributed by atoms with van der Waals surface area (Å²) in [7, 11) is -3.59. The van der Waals surface area contributed by atoms with Crippen molar-refractivity contribution in [3.05, 3.63) is 53.1 Å². The fraction of sp³-hybridized carbons (Fsp3) is 0.417. The maximum Gasteiger partial charge on any atom is 0.243 e. The number of sulfonamides is 1.